The number of sulfonamides is 1. The van der Waals surface area contributed by atoms with Crippen molar-refractivity contribution >= 4 is 33.2 Å². The second kappa shape index (κ2) is 14.5. The van der Waals surface area contributed by atoms with Crippen LogP contribution >= 0.6 is 0 Å². The van der Waals surface area contributed by atoms with Crippen LogP contribution < -0.4 is 9.62 Å². The third-order valence-electron chi connectivity index (χ3n) is 8.18. The van der Waals surface area contributed by atoms with Gasteiger partial charge in [0.25, 0.3) is 5.69 Å². The minimum Gasteiger partial charge on any atom is -0.352 e. The first kappa shape index (κ1) is 32.7. The van der Waals surface area contributed by atoms with E-state index in [9.17, 15) is 28.1 Å². The number of nitro benzene ring substituents is 1. The molecule has 44 heavy (non-hydrogen) atoms. The summed E-state index contributed by atoms with van der Waals surface area (Å²) in [7, 11) is -4.06. The van der Waals surface area contributed by atoms with Crippen molar-refractivity contribution in [1.82, 2.24) is 10.2 Å². The van der Waals surface area contributed by atoms with E-state index in [-0.39, 0.29) is 36.3 Å². The van der Waals surface area contributed by atoms with E-state index in [1.165, 1.54) is 17.0 Å². The van der Waals surface area contributed by atoms with Gasteiger partial charge < -0.3 is 10.2 Å². The molecule has 0 bridgehead atoms. The van der Waals surface area contributed by atoms with Gasteiger partial charge >= 0.3 is 0 Å². The molecule has 0 aliphatic heterocycles. The number of hydrogen-bond donors (Lipinski definition) is 1. The largest absolute Gasteiger partial charge is 0.352 e. The Balaban J connectivity index is 1.77. The van der Waals surface area contributed by atoms with E-state index in [2.05, 4.69) is 5.32 Å². The minimum atomic E-state index is -4.06. The van der Waals surface area contributed by atoms with Crippen LogP contribution in [0.2, 0.25) is 0 Å². The average molecular weight is 621 g/mol. The number of nitrogens with one attached hydrogen (secondary N) is 1. The van der Waals surface area contributed by atoms with E-state index < -0.39 is 33.4 Å². The van der Waals surface area contributed by atoms with Crippen LogP contribution in [0.1, 0.15) is 54.4 Å². The zero-order chi connectivity index (χ0) is 31.9. The lowest BCUT2D eigenvalue weighted by Gasteiger charge is -2.35. The number of rotatable bonds is 12. The molecule has 1 aliphatic rings. The van der Waals surface area contributed by atoms with Gasteiger partial charge in [-0.3, -0.25) is 24.0 Å². The number of carbonyl (C=O) groups is 2. The first-order valence-corrected chi connectivity index (χ1v) is 16.7. The average Bonchev–Trinajstić information content (AvgIpc) is 2.99. The number of hydrogen-bond acceptors (Lipinski definition) is 6. The van der Waals surface area contributed by atoms with Gasteiger partial charge in [0.05, 0.1) is 16.9 Å². The molecule has 3 aromatic carbocycles. The van der Waals surface area contributed by atoms with Crippen LogP contribution in [-0.2, 0) is 32.6 Å². The Morgan fingerprint density at radius 3 is 2.25 bits per heavy atom. The van der Waals surface area contributed by atoms with E-state index in [1.54, 1.807) is 6.92 Å². The standard InChI is InChI=1S/C33H40N4O6S/c1-24-12-10-11-15-27(24)22-35(31(20-26-13-6-4-7-14-26)33(39)34-28-16-8-5-9-17-28)32(38)23-36(44(3,42)43)30-21-29(37(40)41)19-18-25(30)2/h4,6-7,10-15,18-19,21,28,31H,5,8-9,16-17,20,22-23H2,1-3H3,(H,34,39)/t31-/m1/s1. The summed E-state index contributed by atoms with van der Waals surface area (Å²) < 4.78 is 27.1. The molecule has 10 nitrogen and oxygen atoms in total. The molecule has 1 saturated carbocycles. The number of carbonyl (C=O) groups excluding carboxylic acids is 2. The molecule has 3 aromatic rings. The van der Waals surface area contributed by atoms with Gasteiger partial charge in [-0.15, -0.1) is 0 Å². The molecule has 0 radical (unpaired) electrons. The Morgan fingerprint density at radius 1 is 0.955 bits per heavy atom. The normalized spacial score (nSPS) is 14.4. The Labute approximate surface area is 259 Å². The van der Waals surface area contributed by atoms with Crippen molar-refractivity contribution in [2.45, 2.75) is 71.0 Å². The summed E-state index contributed by atoms with van der Waals surface area (Å²) in [5.74, 6) is -0.885. The van der Waals surface area contributed by atoms with Gasteiger partial charge in [-0.05, 0) is 48.9 Å². The van der Waals surface area contributed by atoms with Crippen molar-refractivity contribution in [3.8, 4) is 0 Å². The zero-order valence-corrected chi connectivity index (χ0v) is 26.3. The number of amides is 2. The molecule has 0 unspecified atom stereocenters. The summed E-state index contributed by atoms with van der Waals surface area (Å²) in [6.45, 7) is 2.99. The predicted molar refractivity (Wildman–Crippen MR) is 171 cm³/mol. The van der Waals surface area contributed by atoms with Crippen molar-refractivity contribution in [1.29, 1.82) is 0 Å². The lowest BCUT2D eigenvalue weighted by atomic mass is 9.94. The summed E-state index contributed by atoms with van der Waals surface area (Å²) in [4.78, 5) is 40.8. The van der Waals surface area contributed by atoms with Gasteiger partial charge in [0.15, 0.2) is 0 Å². The van der Waals surface area contributed by atoms with E-state index >= 15 is 0 Å². The maximum atomic E-state index is 14.4. The summed E-state index contributed by atoms with van der Waals surface area (Å²) in [5.41, 5.74) is 2.80. The summed E-state index contributed by atoms with van der Waals surface area (Å²) in [5, 5.41) is 14.7. The van der Waals surface area contributed by atoms with Gasteiger partial charge in [-0.1, -0.05) is 79.9 Å². The maximum Gasteiger partial charge on any atom is 0.271 e. The highest BCUT2D eigenvalue weighted by atomic mass is 32.2. The molecule has 0 saturated heterocycles. The smallest absolute Gasteiger partial charge is 0.271 e. The van der Waals surface area contributed by atoms with E-state index in [0.717, 1.165) is 65.4 Å². The first-order chi connectivity index (χ1) is 20.9. The van der Waals surface area contributed by atoms with E-state index in [4.69, 9.17) is 0 Å². The number of aryl methyl sites for hydroxylation is 2. The fourth-order valence-corrected chi connectivity index (χ4v) is 6.54. The highest BCUT2D eigenvalue weighted by molar-refractivity contribution is 7.92. The molecular weight excluding hydrogens is 580 g/mol. The van der Waals surface area contributed by atoms with Gasteiger partial charge in [0.1, 0.15) is 12.6 Å². The maximum absolute atomic E-state index is 14.4. The Bertz CT molecular complexity index is 1590. The van der Waals surface area contributed by atoms with Crippen LogP contribution in [0, 0.1) is 24.0 Å². The lowest BCUT2D eigenvalue weighted by molar-refractivity contribution is -0.384. The van der Waals surface area contributed by atoms with Gasteiger partial charge in [0, 0.05) is 31.1 Å². The van der Waals surface area contributed by atoms with E-state index in [1.807, 2.05) is 61.5 Å². The van der Waals surface area contributed by atoms with Crippen molar-refractivity contribution in [2.75, 3.05) is 17.1 Å². The fraction of sp³-hybridized carbons (Fsp3) is 0.394. The quantitative estimate of drug-likeness (QED) is 0.222. The molecule has 0 spiro atoms. The third kappa shape index (κ3) is 8.43. The topological polar surface area (TPSA) is 130 Å². The van der Waals surface area contributed by atoms with Gasteiger partial charge in [-0.25, -0.2) is 8.42 Å². The molecule has 0 aromatic heterocycles. The van der Waals surface area contributed by atoms with Gasteiger partial charge in [0.2, 0.25) is 21.8 Å². The molecule has 4 rings (SSSR count). The Hall–Kier alpha value is -4.25. The van der Waals surface area contributed by atoms with Crippen LogP contribution in [-0.4, -0.2) is 54.9 Å². The summed E-state index contributed by atoms with van der Waals surface area (Å²) >= 11 is 0. The lowest BCUT2D eigenvalue weighted by Crippen LogP contribution is -2.55. The zero-order valence-electron chi connectivity index (χ0n) is 25.4. The van der Waals surface area contributed by atoms with Crippen LogP contribution in [0.15, 0.2) is 72.8 Å². The highest BCUT2D eigenvalue weighted by Crippen LogP contribution is 2.28. The highest BCUT2D eigenvalue weighted by Gasteiger charge is 2.35. The summed E-state index contributed by atoms with van der Waals surface area (Å²) in [6.07, 6.45) is 6.08. The van der Waals surface area contributed by atoms with E-state index in [0.29, 0.717) is 5.56 Å². The predicted octanol–water partition coefficient (Wildman–Crippen LogP) is 5.07. The minimum absolute atomic E-state index is 0.00460. The molecule has 1 aliphatic carbocycles. The molecule has 1 N–H and O–H groups in total. The third-order valence-corrected chi connectivity index (χ3v) is 9.30. The molecule has 1 atom stereocenters. The molecule has 2 amide bonds. The van der Waals surface area contributed by atoms with Crippen LogP contribution in [0.4, 0.5) is 11.4 Å². The van der Waals surface area contributed by atoms with Crippen LogP contribution in [0.3, 0.4) is 0 Å². The molecule has 0 heterocycles. The number of nitrogens with zero attached hydrogens (tertiary/aromatic N) is 3. The van der Waals surface area contributed by atoms with Crippen molar-refractivity contribution < 1.29 is 22.9 Å². The van der Waals surface area contributed by atoms with Gasteiger partial charge in [-0.2, -0.15) is 0 Å². The second-order valence-electron chi connectivity index (χ2n) is 11.5. The number of benzene rings is 3. The molecule has 1 fully saturated rings. The van der Waals surface area contributed by atoms with Crippen molar-refractivity contribution in [3.63, 3.8) is 0 Å². The number of anilines is 1. The molecular formula is C33H40N4O6S. The number of nitro groups is 1. The van der Waals surface area contributed by atoms with Crippen LogP contribution in [0.5, 0.6) is 0 Å². The monoisotopic (exact) mass is 620 g/mol. The van der Waals surface area contributed by atoms with Crippen molar-refractivity contribution in [2.24, 2.45) is 0 Å². The SMILES string of the molecule is Cc1ccccc1CN(C(=O)CN(c1cc([N+](=O)[O-])ccc1C)S(C)(=O)=O)[C@H](Cc1ccccc1)C(=O)NC1CCCCC1. The molecule has 234 valence electrons. The summed E-state index contributed by atoms with van der Waals surface area (Å²) in [6, 6.07) is 19.9. The van der Waals surface area contributed by atoms with Crippen molar-refractivity contribution in [3.05, 3.63) is 105 Å². The fourth-order valence-electron chi connectivity index (χ4n) is 5.64. The first-order valence-electron chi connectivity index (χ1n) is 14.8. The second-order valence-corrected chi connectivity index (χ2v) is 13.4. The Kier molecular flexibility index (Phi) is 10.7. The Morgan fingerprint density at radius 2 is 1.61 bits per heavy atom. The number of non-ortho nitro benzene ring substituents is 1. The molecule has 11 heteroatoms. The van der Waals surface area contributed by atoms with Crippen LogP contribution in [0.25, 0.3) is 0 Å².